The van der Waals surface area contributed by atoms with Gasteiger partial charge in [0.05, 0.1) is 6.61 Å². The first-order valence-electron chi connectivity index (χ1n) is 7.48. The first kappa shape index (κ1) is 14.9. The average molecular weight is 276 g/mol. The standard InChI is InChI=1S/C16H24N2O2/c1-2-10-20-15-5-3-4-14(11-15)18-16(19)12-6-8-13(17)9-7-12/h3-5,11-13H,2,6-10,17H2,1H3,(H,18,19). The molecule has 0 bridgehead atoms. The van der Waals surface area contributed by atoms with Crippen LogP contribution in [0.2, 0.25) is 0 Å². The first-order chi connectivity index (χ1) is 9.69. The van der Waals surface area contributed by atoms with Crippen molar-refractivity contribution in [3.63, 3.8) is 0 Å². The minimum Gasteiger partial charge on any atom is -0.494 e. The summed E-state index contributed by atoms with van der Waals surface area (Å²) in [5.41, 5.74) is 6.67. The highest BCUT2D eigenvalue weighted by Crippen LogP contribution is 2.25. The topological polar surface area (TPSA) is 64.3 Å². The van der Waals surface area contributed by atoms with Crippen LogP contribution in [0.1, 0.15) is 39.0 Å². The zero-order valence-corrected chi connectivity index (χ0v) is 12.1. The summed E-state index contributed by atoms with van der Waals surface area (Å²) >= 11 is 0. The lowest BCUT2D eigenvalue weighted by atomic mass is 9.86. The van der Waals surface area contributed by atoms with Crippen LogP contribution in [-0.2, 0) is 4.79 Å². The normalized spacial score (nSPS) is 22.3. The number of anilines is 1. The lowest BCUT2D eigenvalue weighted by Gasteiger charge is -2.25. The zero-order valence-electron chi connectivity index (χ0n) is 12.1. The summed E-state index contributed by atoms with van der Waals surface area (Å²) < 4.78 is 5.57. The molecule has 1 aliphatic rings. The van der Waals surface area contributed by atoms with Gasteiger partial charge in [-0.15, -0.1) is 0 Å². The molecule has 1 amide bonds. The van der Waals surface area contributed by atoms with Crippen molar-refractivity contribution in [2.75, 3.05) is 11.9 Å². The van der Waals surface area contributed by atoms with E-state index in [0.29, 0.717) is 6.61 Å². The molecule has 1 aromatic rings. The predicted octanol–water partition coefficient (Wildman–Crippen LogP) is 2.93. The SMILES string of the molecule is CCCOc1cccc(NC(=O)C2CCC(N)CC2)c1. The molecule has 20 heavy (non-hydrogen) atoms. The maximum Gasteiger partial charge on any atom is 0.227 e. The Morgan fingerprint density at radius 3 is 2.80 bits per heavy atom. The molecule has 1 saturated carbocycles. The highest BCUT2D eigenvalue weighted by molar-refractivity contribution is 5.92. The van der Waals surface area contributed by atoms with E-state index in [0.717, 1.165) is 43.5 Å². The van der Waals surface area contributed by atoms with Gasteiger partial charge in [0.2, 0.25) is 5.91 Å². The maximum atomic E-state index is 12.2. The number of amides is 1. The monoisotopic (exact) mass is 276 g/mol. The van der Waals surface area contributed by atoms with Crippen LogP contribution >= 0.6 is 0 Å². The van der Waals surface area contributed by atoms with E-state index in [4.69, 9.17) is 10.5 Å². The summed E-state index contributed by atoms with van der Waals surface area (Å²) in [6, 6.07) is 7.85. The Morgan fingerprint density at radius 2 is 2.10 bits per heavy atom. The van der Waals surface area contributed by atoms with Crippen LogP contribution in [0.5, 0.6) is 5.75 Å². The summed E-state index contributed by atoms with van der Waals surface area (Å²) in [7, 11) is 0. The third-order valence-electron chi connectivity index (χ3n) is 3.72. The molecule has 2 rings (SSSR count). The molecule has 4 heteroatoms. The molecule has 0 aliphatic heterocycles. The van der Waals surface area contributed by atoms with Crippen molar-refractivity contribution < 1.29 is 9.53 Å². The predicted molar refractivity (Wildman–Crippen MR) is 80.8 cm³/mol. The van der Waals surface area contributed by atoms with Crippen LogP contribution in [0.3, 0.4) is 0 Å². The quantitative estimate of drug-likeness (QED) is 0.869. The van der Waals surface area contributed by atoms with E-state index in [1.807, 2.05) is 24.3 Å². The second kappa shape index (κ2) is 7.29. The summed E-state index contributed by atoms with van der Waals surface area (Å²) in [6.45, 7) is 2.76. The Bertz CT molecular complexity index is 440. The third kappa shape index (κ3) is 4.23. The van der Waals surface area contributed by atoms with Crippen LogP contribution in [0.25, 0.3) is 0 Å². The van der Waals surface area contributed by atoms with Gasteiger partial charge >= 0.3 is 0 Å². The maximum absolute atomic E-state index is 12.2. The van der Waals surface area contributed by atoms with Crippen molar-refractivity contribution in [3.8, 4) is 5.75 Å². The molecule has 0 saturated heterocycles. The summed E-state index contributed by atoms with van der Waals surface area (Å²) in [5.74, 6) is 0.995. The van der Waals surface area contributed by atoms with Gasteiger partial charge in [-0.25, -0.2) is 0 Å². The van der Waals surface area contributed by atoms with Gasteiger partial charge in [0, 0.05) is 23.7 Å². The number of hydrogen-bond acceptors (Lipinski definition) is 3. The van der Waals surface area contributed by atoms with Crippen molar-refractivity contribution in [1.82, 2.24) is 0 Å². The Kier molecular flexibility index (Phi) is 5.41. The van der Waals surface area contributed by atoms with E-state index in [-0.39, 0.29) is 17.9 Å². The largest absolute Gasteiger partial charge is 0.494 e. The van der Waals surface area contributed by atoms with Gasteiger partial charge in [-0.1, -0.05) is 13.0 Å². The molecule has 0 aromatic heterocycles. The highest BCUT2D eigenvalue weighted by atomic mass is 16.5. The number of nitrogens with two attached hydrogens (primary N) is 1. The van der Waals surface area contributed by atoms with Gasteiger partial charge in [0.25, 0.3) is 0 Å². The van der Waals surface area contributed by atoms with E-state index in [1.165, 1.54) is 0 Å². The Hall–Kier alpha value is -1.55. The second-order valence-corrected chi connectivity index (χ2v) is 5.48. The molecule has 1 aliphatic carbocycles. The van der Waals surface area contributed by atoms with E-state index >= 15 is 0 Å². The zero-order chi connectivity index (χ0) is 14.4. The van der Waals surface area contributed by atoms with E-state index in [1.54, 1.807) is 0 Å². The fourth-order valence-corrected chi connectivity index (χ4v) is 2.51. The van der Waals surface area contributed by atoms with Crippen LogP contribution in [0, 0.1) is 5.92 Å². The molecule has 0 heterocycles. The Labute approximate surface area is 120 Å². The van der Waals surface area contributed by atoms with Crippen LogP contribution in [0.4, 0.5) is 5.69 Å². The van der Waals surface area contributed by atoms with Crippen LogP contribution in [0.15, 0.2) is 24.3 Å². The van der Waals surface area contributed by atoms with Crippen LogP contribution in [-0.4, -0.2) is 18.6 Å². The van der Waals surface area contributed by atoms with Gasteiger partial charge in [0.1, 0.15) is 5.75 Å². The Balaban J connectivity index is 1.90. The lowest BCUT2D eigenvalue weighted by Crippen LogP contribution is -2.32. The van der Waals surface area contributed by atoms with Crippen molar-refractivity contribution in [3.05, 3.63) is 24.3 Å². The summed E-state index contributed by atoms with van der Waals surface area (Å²) in [4.78, 5) is 12.2. The van der Waals surface area contributed by atoms with Crippen molar-refractivity contribution in [2.24, 2.45) is 11.7 Å². The fraction of sp³-hybridized carbons (Fsp3) is 0.562. The minimum atomic E-state index is 0.0926. The number of carbonyl (C=O) groups is 1. The second-order valence-electron chi connectivity index (χ2n) is 5.48. The average Bonchev–Trinajstić information content (AvgIpc) is 2.46. The number of ether oxygens (including phenoxy) is 1. The fourth-order valence-electron chi connectivity index (χ4n) is 2.51. The summed E-state index contributed by atoms with van der Waals surface area (Å²) in [6.07, 6.45) is 4.63. The molecule has 1 aromatic carbocycles. The van der Waals surface area contributed by atoms with Crippen molar-refractivity contribution in [1.29, 1.82) is 0 Å². The van der Waals surface area contributed by atoms with Gasteiger partial charge in [-0.3, -0.25) is 4.79 Å². The van der Waals surface area contributed by atoms with Crippen LogP contribution < -0.4 is 15.8 Å². The minimum absolute atomic E-state index is 0.0926. The molecular weight excluding hydrogens is 252 g/mol. The highest BCUT2D eigenvalue weighted by Gasteiger charge is 2.24. The Morgan fingerprint density at radius 1 is 1.35 bits per heavy atom. The third-order valence-corrected chi connectivity index (χ3v) is 3.72. The molecule has 4 nitrogen and oxygen atoms in total. The van der Waals surface area contributed by atoms with Gasteiger partial charge < -0.3 is 15.8 Å². The first-order valence-corrected chi connectivity index (χ1v) is 7.48. The number of rotatable bonds is 5. The van der Waals surface area contributed by atoms with E-state index in [2.05, 4.69) is 12.2 Å². The molecular formula is C16H24N2O2. The molecule has 0 radical (unpaired) electrons. The van der Waals surface area contributed by atoms with Gasteiger partial charge in [-0.05, 0) is 44.2 Å². The molecule has 0 spiro atoms. The van der Waals surface area contributed by atoms with Gasteiger partial charge in [0.15, 0.2) is 0 Å². The van der Waals surface area contributed by atoms with E-state index < -0.39 is 0 Å². The smallest absolute Gasteiger partial charge is 0.227 e. The molecule has 110 valence electrons. The molecule has 1 fully saturated rings. The molecule has 3 N–H and O–H groups in total. The molecule has 0 unspecified atom stereocenters. The number of benzene rings is 1. The van der Waals surface area contributed by atoms with Crippen molar-refractivity contribution >= 4 is 11.6 Å². The molecule has 0 atom stereocenters. The van der Waals surface area contributed by atoms with Gasteiger partial charge in [-0.2, -0.15) is 0 Å². The number of nitrogens with one attached hydrogen (secondary N) is 1. The number of hydrogen-bond donors (Lipinski definition) is 2. The summed E-state index contributed by atoms with van der Waals surface area (Å²) in [5, 5.41) is 2.98. The lowest BCUT2D eigenvalue weighted by molar-refractivity contribution is -0.120. The van der Waals surface area contributed by atoms with Crippen molar-refractivity contribution in [2.45, 2.75) is 45.1 Å². The number of carbonyl (C=O) groups excluding carboxylic acids is 1. The van der Waals surface area contributed by atoms with E-state index in [9.17, 15) is 4.79 Å².